The van der Waals surface area contributed by atoms with Crippen molar-refractivity contribution in [2.75, 3.05) is 87.7 Å². The first-order chi connectivity index (χ1) is 20.9. The second kappa shape index (κ2) is 15.0. The van der Waals surface area contributed by atoms with Crippen LogP contribution in [-0.4, -0.2) is 120 Å². The minimum Gasteiger partial charge on any atom is -0.395 e. The summed E-state index contributed by atoms with van der Waals surface area (Å²) in [6, 6.07) is 5.07. The number of anilines is 3. The predicted octanol–water partition coefficient (Wildman–Crippen LogP) is 2.27. The third-order valence-corrected chi connectivity index (χ3v) is 9.17. The number of carbonyl (C=O) groups is 1. The van der Waals surface area contributed by atoms with E-state index in [2.05, 4.69) is 53.9 Å². The Morgan fingerprint density at radius 2 is 1.81 bits per heavy atom. The summed E-state index contributed by atoms with van der Waals surface area (Å²) in [5, 5.41) is 12.3. The standard InChI is InChI=1S/C29H43Cl2N9O3/c1-2-3-22-19-39(28-26(31)35-24(27(32)36-28)29(42)33-8-15-41)11-12-40(22)21-6-9-37(10-7-21)18-20-4-5-23(34-25(20)30)38-13-16-43-17-14-38/h4-5,21-22,41H,2-3,6-19H2,1H3,(H2,32,36)(H,33,42)/t22-/m0/s1. The third kappa shape index (κ3) is 7.79. The highest BCUT2D eigenvalue weighted by molar-refractivity contribution is 6.32. The fourth-order valence-corrected chi connectivity index (χ4v) is 6.82. The van der Waals surface area contributed by atoms with Crippen LogP contribution in [0, 0.1) is 0 Å². The van der Waals surface area contributed by atoms with Gasteiger partial charge in [0.05, 0.1) is 19.8 Å². The highest BCUT2D eigenvalue weighted by Crippen LogP contribution is 2.31. The molecule has 1 atom stereocenters. The number of aromatic nitrogens is 3. The SMILES string of the molecule is CCC[C@H]1CN(c2nc(N)c(C(=O)NCCO)nc2Cl)CCN1C1CCN(Cc2ccc(N3CCOCC3)nc2Cl)CC1. The highest BCUT2D eigenvalue weighted by atomic mass is 35.5. The number of aliphatic hydroxyl groups is 1. The number of piperidine rings is 1. The van der Waals surface area contributed by atoms with Gasteiger partial charge in [-0.2, -0.15) is 0 Å². The molecular weight excluding hydrogens is 593 g/mol. The number of nitrogens with one attached hydrogen (secondary N) is 1. The molecule has 2 aromatic rings. The summed E-state index contributed by atoms with van der Waals surface area (Å²) in [5.41, 5.74) is 7.16. The van der Waals surface area contributed by atoms with Crippen molar-refractivity contribution in [2.24, 2.45) is 0 Å². The number of nitrogen functional groups attached to an aromatic ring is 1. The van der Waals surface area contributed by atoms with Crippen molar-refractivity contribution in [3.05, 3.63) is 33.7 Å². The molecule has 5 rings (SSSR count). The Morgan fingerprint density at radius 3 is 2.51 bits per heavy atom. The lowest BCUT2D eigenvalue weighted by molar-refractivity contribution is 0.0589. The largest absolute Gasteiger partial charge is 0.395 e. The zero-order chi connectivity index (χ0) is 30.3. The maximum atomic E-state index is 12.3. The maximum absolute atomic E-state index is 12.3. The summed E-state index contributed by atoms with van der Waals surface area (Å²) in [6.45, 7) is 10.5. The summed E-state index contributed by atoms with van der Waals surface area (Å²) >= 11 is 13.2. The first-order valence-corrected chi connectivity index (χ1v) is 16.1. The number of aliphatic hydroxyl groups excluding tert-OH is 1. The minimum absolute atomic E-state index is 0.0252. The number of halogens is 2. The quantitative estimate of drug-likeness (QED) is 0.332. The lowest BCUT2D eigenvalue weighted by atomic mass is 9.97. The Bertz CT molecular complexity index is 1240. The molecule has 0 unspecified atom stereocenters. The van der Waals surface area contributed by atoms with Gasteiger partial charge in [0.15, 0.2) is 22.5 Å². The van der Waals surface area contributed by atoms with Crippen molar-refractivity contribution in [3.8, 4) is 0 Å². The molecular formula is C29H43Cl2N9O3. The number of hydrogen-bond acceptors (Lipinski definition) is 11. The molecule has 3 aliphatic rings. The molecule has 0 aromatic carbocycles. The first-order valence-electron chi connectivity index (χ1n) is 15.3. The Balaban J connectivity index is 1.17. The van der Waals surface area contributed by atoms with Gasteiger partial charge in [0.1, 0.15) is 11.0 Å². The lowest BCUT2D eigenvalue weighted by Crippen LogP contribution is -2.58. The number of piperazine rings is 1. The number of likely N-dealkylation sites (tertiary alicyclic amines) is 1. The number of nitrogens with two attached hydrogens (primary N) is 1. The number of ether oxygens (including phenoxy) is 1. The first kappa shape index (κ1) is 31.9. The van der Waals surface area contributed by atoms with E-state index in [1.807, 2.05) is 0 Å². The molecule has 14 heteroatoms. The third-order valence-electron chi connectivity index (χ3n) is 8.59. The van der Waals surface area contributed by atoms with E-state index < -0.39 is 5.91 Å². The number of morpholine rings is 1. The molecule has 0 saturated carbocycles. The molecule has 0 bridgehead atoms. The van der Waals surface area contributed by atoms with Crippen LogP contribution in [-0.2, 0) is 11.3 Å². The van der Waals surface area contributed by atoms with Crippen LogP contribution in [0.1, 0.15) is 48.7 Å². The van der Waals surface area contributed by atoms with E-state index >= 15 is 0 Å². The van der Waals surface area contributed by atoms with E-state index in [4.69, 9.17) is 43.8 Å². The van der Waals surface area contributed by atoms with Crippen LogP contribution in [0.3, 0.4) is 0 Å². The van der Waals surface area contributed by atoms with Gasteiger partial charge in [-0.05, 0) is 38.4 Å². The van der Waals surface area contributed by atoms with Gasteiger partial charge < -0.3 is 30.7 Å². The molecule has 3 fully saturated rings. The van der Waals surface area contributed by atoms with Crippen LogP contribution < -0.4 is 20.9 Å². The van der Waals surface area contributed by atoms with Gasteiger partial charge in [0.25, 0.3) is 5.91 Å². The van der Waals surface area contributed by atoms with E-state index in [0.29, 0.717) is 23.1 Å². The summed E-state index contributed by atoms with van der Waals surface area (Å²) in [5.74, 6) is 0.962. The zero-order valence-electron chi connectivity index (χ0n) is 24.9. The Kier molecular flexibility index (Phi) is 11.1. The van der Waals surface area contributed by atoms with Crippen molar-refractivity contribution in [1.82, 2.24) is 30.1 Å². The molecule has 0 spiro atoms. The average molecular weight is 637 g/mol. The van der Waals surface area contributed by atoms with Crippen molar-refractivity contribution in [3.63, 3.8) is 0 Å². The molecule has 0 aliphatic carbocycles. The number of pyridine rings is 1. The Morgan fingerprint density at radius 1 is 1.05 bits per heavy atom. The van der Waals surface area contributed by atoms with Crippen LogP contribution in [0.2, 0.25) is 10.3 Å². The van der Waals surface area contributed by atoms with Gasteiger partial charge in [-0.3, -0.25) is 14.6 Å². The molecule has 5 heterocycles. The minimum atomic E-state index is -0.504. The normalized spacial score (nSPS) is 20.9. The molecule has 2 aromatic heterocycles. The van der Waals surface area contributed by atoms with Crippen LogP contribution in [0.15, 0.2) is 12.1 Å². The Labute approximate surface area is 263 Å². The van der Waals surface area contributed by atoms with Crippen LogP contribution >= 0.6 is 23.2 Å². The smallest absolute Gasteiger partial charge is 0.273 e. The number of nitrogens with zero attached hydrogens (tertiary/aromatic N) is 7. The lowest BCUT2D eigenvalue weighted by Gasteiger charge is -2.48. The molecule has 3 aliphatic heterocycles. The number of rotatable bonds is 10. The second-order valence-electron chi connectivity index (χ2n) is 11.4. The Hall–Kier alpha value is -2.48. The molecule has 4 N–H and O–H groups in total. The summed E-state index contributed by atoms with van der Waals surface area (Å²) in [6.07, 6.45) is 4.34. The average Bonchev–Trinajstić information content (AvgIpc) is 3.03. The summed E-state index contributed by atoms with van der Waals surface area (Å²) in [4.78, 5) is 35.3. The van der Waals surface area contributed by atoms with Gasteiger partial charge in [-0.1, -0.05) is 42.6 Å². The predicted molar refractivity (Wildman–Crippen MR) is 169 cm³/mol. The van der Waals surface area contributed by atoms with Crippen LogP contribution in [0.5, 0.6) is 0 Å². The number of carbonyl (C=O) groups excluding carboxylic acids is 1. The van der Waals surface area contributed by atoms with E-state index in [1.165, 1.54) is 0 Å². The molecule has 3 saturated heterocycles. The van der Waals surface area contributed by atoms with Crippen molar-refractivity contribution in [2.45, 2.75) is 51.2 Å². The van der Waals surface area contributed by atoms with Gasteiger partial charge in [0.2, 0.25) is 0 Å². The summed E-state index contributed by atoms with van der Waals surface area (Å²) < 4.78 is 5.46. The van der Waals surface area contributed by atoms with Crippen molar-refractivity contribution in [1.29, 1.82) is 0 Å². The molecule has 236 valence electrons. The van der Waals surface area contributed by atoms with E-state index in [1.54, 1.807) is 0 Å². The van der Waals surface area contributed by atoms with Gasteiger partial charge >= 0.3 is 0 Å². The molecule has 0 radical (unpaired) electrons. The zero-order valence-corrected chi connectivity index (χ0v) is 26.4. The second-order valence-corrected chi connectivity index (χ2v) is 12.1. The van der Waals surface area contributed by atoms with Crippen LogP contribution in [0.4, 0.5) is 17.5 Å². The molecule has 1 amide bonds. The fourth-order valence-electron chi connectivity index (χ4n) is 6.36. The highest BCUT2D eigenvalue weighted by Gasteiger charge is 2.35. The number of hydrogen-bond donors (Lipinski definition) is 3. The topological polar surface area (TPSA) is 136 Å². The number of amides is 1. The van der Waals surface area contributed by atoms with Gasteiger partial charge in [0, 0.05) is 63.5 Å². The monoisotopic (exact) mass is 635 g/mol. The summed E-state index contributed by atoms with van der Waals surface area (Å²) in [7, 11) is 0. The molecule has 12 nitrogen and oxygen atoms in total. The van der Waals surface area contributed by atoms with E-state index in [9.17, 15) is 4.79 Å². The molecule has 43 heavy (non-hydrogen) atoms. The van der Waals surface area contributed by atoms with Gasteiger partial charge in [-0.25, -0.2) is 15.0 Å². The van der Waals surface area contributed by atoms with Gasteiger partial charge in [-0.15, -0.1) is 0 Å². The van der Waals surface area contributed by atoms with E-state index in [0.717, 1.165) is 103 Å². The van der Waals surface area contributed by atoms with Crippen molar-refractivity contribution < 1.29 is 14.6 Å². The fraction of sp³-hybridized carbons (Fsp3) is 0.655. The van der Waals surface area contributed by atoms with E-state index in [-0.39, 0.29) is 29.8 Å². The maximum Gasteiger partial charge on any atom is 0.273 e. The van der Waals surface area contributed by atoms with Crippen molar-refractivity contribution >= 4 is 46.6 Å². The van der Waals surface area contributed by atoms with Crippen LogP contribution in [0.25, 0.3) is 0 Å².